The zero-order chi connectivity index (χ0) is 17.7. The number of likely N-dealkylation sites (tertiary alicyclic amines) is 1. The Hall–Kier alpha value is -2.15. The van der Waals surface area contributed by atoms with E-state index in [4.69, 9.17) is 0 Å². The van der Waals surface area contributed by atoms with Crippen LogP contribution in [0.3, 0.4) is 0 Å². The first-order valence-corrected chi connectivity index (χ1v) is 9.49. The van der Waals surface area contributed by atoms with Crippen LogP contribution in [-0.2, 0) is 18.4 Å². The molecule has 0 spiro atoms. The molecule has 0 bridgehead atoms. The summed E-state index contributed by atoms with van der Waals surface area (Å²) >= 11 is 1.67. The number of fused-ring (bicyclic) bond motifs is 3. The van der Waals surface area contributed by atoms with E-state index in [0.29, 0.717) is 11.4 Å². The van der Waals surface area contributed by atoms with E-state index in [9.17, 15) is 9.59 Å². The van der Waals surface area contributed by atoms with E-state index in [1.807, 2.05) is 16.5 Å². The Bertz CT molecular complexity index is 1030. The Morgan fingerprint density at radius 3 is 3.00 bits per heavy atom. The number of aryl methyl sites for hydroxylation is 2. The largest absolute Gasteiger partial charge is 0.341 e. The Balaban J connectivity index is 1.71. The van der Waals surface area contributed by atoms with Gasteiger partial charge in [0.1, 0.15) is 12.1 Å². The molecule has 3 aromatic heterocycles. The number of thiophene rings is 1. The molecule has 1 fully saturated rings. The minimum absolute atomic E-state index is 0.0132. The summed E-state index contributed by atoms with van der Waals surface area (Å²) in [5, 5.41) is 5.15. The zero-order valence-corrected chi connectivity index (χ0v) is 15.6. The highest BCUT2D eigenvalue weighted by atomic mass is 32.1. The van der Waals surface area contributed by atoms with Crippen LogP contribution >= 0.6 is 11.3 Å². The molecule has 0 unspecified atom stereocenters. The standard InChI is InChI=1S/C18H22N4O2S/c1-11-5-4-6-21(9-11)15(23)10-22-18(24)16-13(8-19-22)17-14(20(16)3)7-12(2)25-17/h7-8,11H,4-6,9-10H2,1-3H3/t11-/m0/s1. The molecule has 3 aromatic rings. The van der Waals surface area contributed by atoms with Crippen molar-refractivity contribution in [2.45, 2.75) is 33.2 Å². The molecule has 4 heterocycles. The van der Waals surface area contributed by atoms with Gasteiger partial charge in [0, 0.05) is 30.4 Å². The molecule has 1 aliphatic rings. The van der Waals surface area contributed by atoms with Gasteiger partial charge >= 0.3 is 0 Å². The van der Waals surface area contributed by atoms with Gasteiger partial charge in [0.15, 0.2) is 0 Å². The first-order valence-electron chi connectivity index (χ1n) is 8.68. The molecule has 1 amide bonds. The second kappa shape index (κ2) is 5.98. The predicted octanol–water partition coefficient (Wildman–Crippen LogP) is 2.52. The van der Waals surface area contributed by atoms with E-state index in [-0.39, 0.29) is 18.0 Å². The third kappa shape index (κ3) is 2.66. The third-order valence-electron chi connectivity index (χ3n) is 5.09. The molecule has 1 saturated heterocycles. The number of carbonyl (C=O) groups is 1. The first kappa shape index (κ1) is 16.3. The molecule has 0 saturated carbocycles. The van der Waals surface area contributed by atoms with Crippen LogP contribution in [0, 0.1) is 12.8 Å². The highest BCUT2D eigenvalue weighted by molar-refractivity contribution is 7.20. The van der Waals surface area contributed by atoms with Crippen LogP contribution in [0.25, 0.3) is 21.1 Å². The molecule has 7 heteroatoms. The highest BCUT2D eigenvalue weighted by Crippen LogP contribution is 2.32. The summed E-state index contributed by atoms with van der Waals surface area (Å²) in [5.41, 5.74) is 1.47. The lowest BCUT2D eigenvalue weighted by atomic mass is 10.0. The molecule has 1 atom stereocenters. The van der Waals surface area contributed by atoms with Gasteiger partial charge in [-0.1, -0.05) is 6.92 Å². The molecular formula is C18H22N4O2S. The van der Waals surface area contributed by atoms with E-state index in [2.05, 4.69) is 25.0 Å². The molecule has 132 valence electrons. The zero-order valence-electron chi connectivity index (χ0n) is 14.8. The Morgan fingerprint density at radius 2 is 2.24 bits per heavy atom. The van der Waals surface area contributed by atoms with Crippen molar-refractivity contribution >= 4 is 38.4 Å². The number of rotatable bonds is 2. The van der Waals surface area contributed by atoms with Crippen LogP contribution in [-0.4, -0.2) is 38.2 Å². The fraction of sp³-hybridized carbons (Fsp3) is 0.500. The molecule has 1 aliphatic heterocycles. The first-order chi connectivity index (χ1) is 12.0. The van der Waals surface area contributed by atoms with E-state index in [1.165, 1.54) is 9.56 Å². The van der Waals surface area contributed by atoms with Crippen LogP contribution in [0.2, 0.25) is 0 Å². The quantitative estimate of drug-likeness (QED) is 0.707. The number of amides is 1. The summed E-state index contributed by atoms with van der Waals surface area (Å²) in [6.45, 7) is 5.78. The van der Waals surface area contributed by atoms with Crippen molar-refractivity contribution < 1.29 is 4.79 Å². The monoisotopic (exact) mass is 358 g/mol. The Labute approximate surface area is 149 Å². The minimum Gasteiger partial charge on any atom is -0.341 e. The van der Waals surface area contributed by atoms with Crippen LogP contribution < -0.4 is 5.56 Å². The molecule has 6 nitrogen and oxygen atoms in total. The lowest BCUT2D eigenvalue weighted by Crippen LogP contribution is -2.42. The average Bonchev–Trinajstić information content (AvgIpc) is 3.07. The normalized spacial score (nSPS) is 18.4. The fourth-order valence-electron chi connectivity index (χ4n) is 3.79. The minimum atomic E-state index is -0.195. The predicted molar refractivity (Wildman–Crippen MR) is 100 cm³/mol. The Morgan fingerprint density at radius 1 is 1.44 bits per heavy atom. The Kier molecular flexibility index (Phi) is 3.91. The molecule has 25 heavy (non-hydrogen) atoms. The van der Waals surface area contributed by atoms with E-state index < -0.39 is 0 Å². The van der Waals surface area contributed by atoms with Gasteiger partial charge in [0.25, 0.3) is 5.56 Å². The number of carbonyl (C=O) groups excluding carboxylic acids is 1. The smallest absolute Gasteiger partial charge is 0.291 e. The second-order valence-corrected chi connectivity index (χ2v) is 8.34. The summed E-state index contributed by atoms with van der Waals surface area (Å²) in [4.78, 5) is 28.5. The van der Waals surface area contributed by atoms with Crippen LogP contribution in [0.4, 0.5) is 0 Å². The van der Waals surface area contributed by atoms with Crippen molar-refractivity contribution in [3.05, 3.63) is 27.5 Å². The van der Waals surface area contributed by atoms with Crippen molar-refractivity contribution in [2.75, 3.05) is 13.1 Å². The highest BCUT2D eigenvalue weighted by Gasteiger charge is 2.23. The third-order valence-corrected chi connectivity index (χ3v) is 6.16. The lowest BCUT2D eigenvalue weighted by Gasteiger charge is -2.30. The molecule has 0 radical (unpaired) electrons. The summed E-state index contributed by atoms with van der Waals surface area (Å²) in [7, 11) is 1.90. The van der Waals surface area contributed by atoms with Gasteiger partial charge in [-0.2, -0.15) is 5.10 Å². The lowest BCUT2D eigenvalue weighted by molar-refractivity contribution is -0.133. The molecular weight excluding hydrogens is 336 g/mol. The topological polar surface area (TPSA) is 60.1 Å². The van der Waals surface area contributed by atoms with Crippen molar-refractivity contribution in [2.24, 2.45) is 13.0 Å². The maximum absolute atomic E-state index is 12.9. The summed E-state index contributed by atoms with van der Waals surface area (Å²) in [6.07, 6.45) is 3.91. The van der Waals surface area contributed by atoms with Crippen molar-refractivity contribution in [1.82, 2.24) is 19.2 Å². The maximum Gasteiger partial charge on any atom is 0.291 e. The van der Waals surface area contributed by atoms with Gasteiger partial charge in [-0.15, -0.1) is 11.3 Å². The molecule has 0 aliphatic carbocycles. The van der Waals surface area contributed by atoms with Gasteiger partial charge in [-0.05, 0) is 31.7 Å². The molecule has 4 rings (SSSR count). The van der Waals surface area contributed by atoms with Crippen LogP contribution in [0.1, 0.15) is 24.6 Å². The molecule has 0 aromatic carbocycles. The van der Waals surface area contributed by atoms with Gasteiger partial charge in [0.05, 0.1) is 16.4 Å². The van der Waals surface area contributed by atoms with Crippen LogP contribution in [0.5, 0.6) is 0 Å². The number of nitrogens with zero attached hydrogens (tertiary/aromatic N) is 4. The summed E-state index contributed by atoms with van der Waals surface area (Å²) < 4.78 is 4.31. The number of hydrogen-bond donors (Lipinski definition) is 0. The SMILES string of the molecule is Cc1cc2c(s1)c1cnn(CC(=O)N3CCC[C@H](C)C3)c(=O)c1n2C. The van der Waals surface area contributed by atoms with Crippen molar-refractivity contribution in [3.8, 4) is 0 Å². The summed E-state index contributed by atoms with van der Waals surface area (Å²) in [6, 6.07) is 2.09. The summed E-state index contributed by atoms with van der Waals surface area (Å²) in [5.74, 6) is 0.500. The van der Waals surface area contributed by atoms with E-state index in [1.54, 1.807) is 17.5 Å². The van der Waals surface area contributed by atoms with E-state index >= 15 is 0 Å². The van der Waals surface area contributed by atoms with Crippen molar-refractivity contribution in [1.29, 1.82) is 0 Å². The second-order valence-electron chi connectivity index (χ2n) is 7.09. The van der Waals surface area contributed by atoms with Crippen molar-refractivity contribution in [3.63, 3.8) is 0 Å². The maximum atomic E-state index is 12.9. The fourth-order valence-corrected chi connectivity index (χ4v) is 4.84. The number of piperidine rings is 1. The van der Waals surface area contributed by atoms with Gasteiger partial charge in [-0.25, -0.2) is 4.68 Å². The average molecular weight is 358 g/mol. The van der Waals surface area contributed by atoms with Gasteiger partial charge in [0.2, 0.25) is 5.91 Å². The number of aromatic nitrogens is 3. The van der Waals surface area contributed by atoms with Crippen LogP contribution in [0.15, 0.2) is 17.1 Å². The molecule has 0 N–H and O–H groups in total. The van der Waals surface area contributed by atoms with Gasteiger partial charge < -0.3 is 9.47 Å². The number of hydrogen-bond acceptors (Lipinski definition) is 4. The van der Waals surface area contributed by atoms with Gasteiger partial charge in [-0.3, -0.25) is 9.59 Å². The van der Waals surface area contributed by atoms with E-state index in [0.717, 1.165) is 41.5 Å².